The minimum absolute atomic E-state index is 0.0906. The van der Waals surface area contributed by atoms with Gasteiger partial charge in [-0.2, -0.15) is 0 Å². The maximum atomic E-state index is 12.8. The van der Waals surface area contributed by atoms with Gasteiger partial charge in [0, 0.05) is 13.0 Å². The Balaban J connectivity index is 1.69. The Labute approximate surface area is 153 Å². The fourth-order valence-corrected chi connectivity index (χ4v) is 4.25. The molecule has 2 aliphatic carbocycles. The molecule has 0 aromatic rings. The van der Waals surface area contributed by atoms with Crippen molar-refractivity contribution in [1.29, 1.82) is 0 Å². The molecule has 7 heteroatoms. The molecule has 0 aromatic carbocycles. The molecule has 5 atom stereocenters. The molecule has 3 aliphatic rings. The number of carboxylic acid groups (broad SMARTS) is 1. The van der Waals surface area contributed by atoms with Crippen LogP contribution in [0.3, 0.4) is 0 Å². The van der Waals surface area contributed by atoms with Gasteiger partial charge >= 0.3 is 18.0 Å². The lowest BCUT2D eigenvalue weighted by Crippen LogP contribution is -2.49. The van der Waals surface area contributed by atoms with Crippen molar-refractivity contribution in [2.45, 2.75) is 58.3 Å². The van der Waals surface area contributed by atoms with Gasteiger partial charge in [0.05, 0.1) is 11.8 Å². The van der Waals surface area contributed by atoms with E-state index in [1.807, 2.05) is 12.2 Å². The van der Waals surface area contributed by atoms with Crippen molar-refractivity contribution in [3.8, 4) is 0 Å². The summed E-state index contributed by atoms with van der Waals surface area (Å²) in [5.74, 6) is -3.09. The number of amides is 1. The SMILES string of the molecule is CC(C)(C)OC(=O)N1CCCCC1OC(=O)C1C2C=CC(C2)C1C(=O)O. The van der Waals surface area contributed by atoms with E-state index in [9.17, 15) is 19.5 Å². The van der Waals surface area contributed by atoms with E-state index in [-0.39, 0.29) is 11.8 Å². The second kappa shape index (κ2) is 6.93. The molecule has 7 nitrogen and oxygen atoms in total. The van der Waals surface area contributed by atoms with E-state index in [0.717, 1.165) is 12.8 Å². The van der Waals surface area contributed by atoms with Crippen LogP contribution in [0.2, 0.25) is 0 Å². The number of aliphatic carboxylic acids is 1. The van der Waals surface area contributed by atoms with Crippen LogP contribution in [0.15, 0.2) is 12.2 Å². The maximum absolute atomic E-state index is 12.8. The number of carbonyl (C=O) groups is 3. The van der Waals surface area contributed by atoms with Crippen molar-refractivity contribution in [2.24, 2.45) is 23.7 Å². The lowest BCUT2D eigenvalue weighted by Gasteiger charge is -2.37. The van der Waals surface area contributed by atoms with Gasteiger partial charge in [-0.3, -0.25) is 14.5 Å². The van der Waals surface area contributed by atoms with Gasteiger partial charge in [-0.25, -0.2) is 4.79 Å². The summed E-state index contributed by atoms with van der Waals surface area (Å²) in [6.07, 6.45) is 5.50. The van der Waals surface area contributed by atoms with E-state index >= 15 is 0 Å². The molecule has 5 unspecified atom stereocenters. The van der Waals surface area contributed by atoms with Crippen molar-refractivity contribution in [3.05, 3.63) is 12.2 Å². The van der Waals surface area contributed by atoms with Crippen LogP contribution in [0.4, 0.5) is 4.79 Å². The zero-order chi connectivity index (χ0) is 19.1. The summed E-state index contributed by atoms with van der Waals surface area (Å²) in [6, 6.07) is 0. The Kier molecular flexibility index (Phi) is 4.99. The number of fused-ring (bicyclic) bond motifs is 2. The minimum Gasteiger partial charge on any atom is -0.481 e. The minimum atomic E-state index is -0.962. The third kappa shape index (κ3) is 3.71. The second-order valence-corrected chi connectivity index (χ2v) is 8.40. The molecular formula is C19H27NO6. The standard InChI is InChI=1S/C19H27NO6/c1-19(2,3)26-18(24)20-9-5-4-6-13(20)25-17(23)15-12-8-7-11(10-12)14(15)16(21)22/h7-8,11-15H,4-6,9-10H2,1-3H3,(H,21,22). The summed E-state index contributed by atoms with van der Waals surface area (Å²) in [5, 5.41) is 9.50. The third-order valence-electron chi connectivity index (χ3n) is 5.34. The molecule has 3 rings (SSSR count). The molecule has 1 saturated heterocycles. The number of likely N-dealkylation sites (tertiary alicyclic amines) is 1. The number of hydrogen-bond donors (Lipinski definition) is 1. The van der Waals surface area contributed by atoms with E-state index < -0.39 is 41.7 Å². The van der Waals surface area contributed by atoms with E-state index in [0.29, 0.717) is 19.4 Å². The first-order valence-corrected chi connectivity index (χ1v) is 9.28. The Bertz CT molecular complexity index is 622. The Morgan fingerprint density at radius 2 is 1.73 bits per heavy atom. The summed E-state index contributed by atoms with van der Waals surface area (Å²) >= 11 is 0. The number of allylic oxidation sites excluding steroid dienone is 2. The van der Waals surface area contributed by atoms with Crippen LogP contribution in [-0.4, -0.2) is 46.4 Å². The second-order valence-electron chi connectivity index (χ2n) is 8.40. The highest BCUT2D eigenvalue weighted by Gasteiger charge is 2.53. The summed E-state index contributed by atoms with van der Waals surface area (Å²) < 4.78 is 11.1. The van der Waals surface area contributed by atoms with E-state index in [1.54, 1.807) is 20.8 Å². The molecule has 2 bridgehead atoms. The highest BCUT2D eigenvalue weighted by atomic mass is 16.6. The van der Waals surface area contributed by atoms with Crippen molar-refractivity contribution >= 4 is 18.0 Å². The molecule has 1 amide bonds. The molecular weight excluding hydrogens is 338 g/mol. The first-order chi connectivity index (χ1) is 12.2. The van der Waals surface area contributed by atoms with Crippen molar-refractivity contribution < 1.29 is 29.0 Å². The molecule has 26 heavy (non-hydrogen) atoms. The van der Waals surface area contributed by atoms with Gasteiger partial charge in [-0.1, -0.05) is 12.2 Å². The number of esters is 1. The molecule has 1 N–H and O–H groups in total. The van der Waals surface area contributed by atoms with Gasteiger partial charge in [0.1, 0.15) is 5.60 Å². The largest absolute Gasteiger partial charge is 0.481 e. The molecule has 0 radical (unpaired) electrons. The lowest BCUT2D eigenvalue weighted by molar-refractivity contribution is -0.172. The van der Waals surface area contributed by atoms with Crippen LogP contribution in [-0.2, 0) is 19.1 Å². The van der Waals surface area contributed by atoms with Crippen LogP contribution in [0.5, 0.6) is 0 Å². The van der Waals surface area contributed by atoms with Crippen molar-refractivity contribution in [2.75, 3.05) is 6.54 Å². The lowest BCUT2D eigenvalue weighted by atomic mass is 9.83. The number of piperidine rings is 1. The monoisotopic (exact) mass is 365 g/mol. The first-order valence-electron chi connectivity index (χ1n) is 9.28. The normalized spacial score (nSPS) is 33.2. The molecule has 2 fully saturated rings. The Hall–Kier alpha value is -2.05. The van der Waals surface area contributed by atoms with Crippen LogP contribution in [0.25, 0.3) is 0 Å². The summed E-state index contributed by atoms with van der Waals surface area (Å²) in [4.78, 5) is 38.3. The van der Waals surface area contributed by atoms with Gasteiger partial charge < -0.3 is 14.6 Å². The Morgan fingerprint density at radius 1 is 1.08 bits per heavy atom. The van der Waals surface area contributed by atoms with E-state index in [2.05, 4.69) is 0 Å². The third-order valence-corrected chi connectivity index (χ3v) is 5.34. The topological polar surface area (TPSA) is 93.1 Å². The number of carbonyl (C=O) groups excluding carboxylic acids is 2. The smallest absolute Gasteiger partial charge is 0.413 e. The average molecular weight is 365 g/mol. The van der Waals surface area contributed by atoms with Crippen molar-refractivity contribution in [1.82, 2.24) is 4.90 Å². The number of ether oxygens (including phenoxy) is 2. The van der Waals surface area contributed by atoms with Crippen LogP contribution < -0.4 is 0 Å². The quantitative estimate of drug-likeness (QED) is 0.611. The molecule has 1 saturated carbocycles. The van der Waals surface area contributed by atoms with Crippen molar-refractivity contribution in [3.63, 3.8) is 0 Å². The van der Waals surface area contributed by atoms with Gasteiger partial charge in [-0.05, 0) is 51.9 Å². The molecule has 0 spiro atoms. The first kappa shape index (κ1) is 18.7. The number of nitrogens with zero attached hydrogens (tertiary/aromatic N) is 1. The van der Waals surface area contributed by atoms with Gasteiger partial charge in [0.25, 0.3) is 0 Å². The predicted molar refractivity (Wildman–Crippen MR) is 92.0 cm³/mol. The van der Waals surface area contributed by atoms with Crippen LogP contribution >= 0.6 is 0 Å². The number of carboxylic acids is 1. The van der Waals surface area contributed by atoms with Gasteiger partial charge in [0.2, 0.25) is 0 Å². The average Bonchev–Trinajstić information content (AvgIpc) is 3.14. The highest BCUT2D eigenvalue weighted by molar-refractivity contribution is 5.83. The molecule has 0 aromatic heterocycles. The zero-order valence-corrected chi connectivity index (χ0v) is 15.5. The van der Waals surface area contributed by atoms with E-state index in [1.165, 1.54) is 4.90 Å². The predicted octanol–water partition coefficient (Wildman–Crippen LogP) is 2.80. The number of hydrogen-bond acceptors (Lipinski definition) is 5. The van der Waals surface area contributed by atoms with Crippen LogP contribution in [0.1, 0.15) is 46.5 Å². The van der Waals surface area contributed by atoms with Gasteiger partial charge in [-0.15, -0.1) is 0 Å². The maximum Gasteiger partial charge on any atom is 0.413 e. The van der Waals surface area contributed by atoms with E-state index in [4.69, 9.17) is 9.47 Å². The molecule has 1 aliphatic heterocycles. The molecule has 1 heterocycles. The summed E-state index contributed by atoms with van der Waals surface area (Å²) in [7, 11) is 0. The number of rotatable bonds is 3. The fraction of sp³-hybridized carbons (Fsp3) is 0.737. The zero-order valence-electron chi connectivity index (χ0n) is 15.5. The summed E-state index contributed by atoms with van der Waals surface area (Å²) in [5.41, 5.74) is -0.632. The molecule has 144 valence electrons. The van der Waals surface area contributed by atoms with Crippen LogP contribution in [0, 0.1) is 23.7 Å². The summed E-state index contributed by atoms with van der Waals surface area (Å²) in [6.45, 7) is 5.82. The fourth-order valence-electron chi connectivity index (χ4n) is 4.25. The Morgan fingerprint density at radius 3 is 2.35 bits per heavy atom. The highest BCUT2D eigenvalue weighted by Crippen LogP contribution is 2.48. The van der Waals surface area contributed by atoms with Gasteiger partial charge in [0.15, 0.2) is 6.23 Å².